The molecule has 0 aliphatic carbocycles. The molecule has 1 rings (SSSR count). The highest BCUT2D eigenvalue weighted by Crippen LogP contribution is 2.18. The van der Waals surface area contributed by atoms with Crippen molar-refractivity contribution in [1.29, 1.82) is 0 Å². The van der Waals surface area contributed by atoms with Crippen LogP contribution in [0.25, 0.3) is 0 Å². The molecule has 0 amide bonds. The Hall–Kier alpha value is -1.67. The van der Waals surface area contributed by atoms with Gasteiger partial charge >= 0.3 is 5.97 Å². The number of methoxy groups -OCH3 is 1. The van der Waals surface area contributed by atoms with Crippen molar-refractivity contribution in [3.05, 3.63) is 17.8 Å². The maximum Gasteiger partial charge on any atom is 0.341 e. The van der Waals surface area contributed by atoms with Crippen LogP contribution in [0.5, 0.6) is 0 Å². The maximum atomic E-state index is 11.8. The molecule has 0 radical (unpaired) electrons. The van der Waals surface area contributed by atoms with Gasteiger partial charge in [-0.25, -0.2) is 18.2 Å². The molecule has 0 fully saturated rings. The molecule has 0 saturated heterocycles. The number of ether oxygens (including phenoxy) is 2. The zero-order chi connectivity index (χ0) is 16.8. The van der Waals surface area contributed by atoms with Gasteiger partial charge in [0.2, 0.25) is 0 Å². The van der Waals surface area contributed by atoms with Gasteiger partial charge in [0, 0.05) is 25.6 Å². The standard InChI is InChI=1S/C14H22N2O5S/c1-10(2)21-7-5-6-15-13-12(14(17)20-3)8-11(9-16-13)22(4,18)19/h8-10H,5-7H2,1-4H3,(H,15,16). The van der Waals surface area contributed by atoms with Crippen molar-refractivity contribution in [2.24, 2.45) is 0 Å². The predicted molar refractivity (Wildman–Crippen MR) is 82.9 cm³/mol. The molecule has 0 atom stereocenters. The number of carbonyl (C=O) groups excluding carboxylic acids is 1. The van der Waals surface area contributed by atoms with Crippen molar-refractivity contribution in [2.45, 2.75) is 31.3 Å². The largest absolute Gasteiger partial charge is 0.465 e. The van der Waals surface area contributed by atoms with Crippen LogP contribution >= 0.6 is 0 Å². The third-order valence-corrected chi connectivity index (χ3v) is 3.84. The summed E-state index contributed by atoms with van der Waals surface area (Å²) in [5, 5.41) is 2.99. The Morgan fingerprint density at radius 1 is 1.41 bits per heavy atom. The topological polar surface area (TPSA) is 94.6 Å². The number of nitrogens with zero attached hydrogens (tertiary/aromatic N) is 1. The lowest BCUT2D eigenvalue weighted by Gasteiger charge is -2.12. The van der Waals surface area contributed by atoms with E-state index in [4.69, 9.17) is 4.74 Å². The summed E-state index contributed by atoms with van der Waals surface area (Å²) in [7, 11) is -2.21. The first-order valence-corrected chi connectivity index (χ1v) is 8.78. The minimum atomic E-state index is -3.44. The number of carbonyl (C=O) groups is 1. The van der Waals surface area contributed by atoms with E-state index in [-0.39, 0.29) is 16.6 Å². The van der Waals surface area contributed by atoms with E-state index < -0.39 is 15.8 Å². The molecule has 1 heterocycles. The average Bonchev–Trinajstić information content (AvgIpc) is 2.44. The number of anilines is 1. The monoisotopic (exact) mass is 330 g/mol. The second-order valence-electron chi connectivity index (χ2n) is 5.03. The first-order valence-electron chi connectivity index (χ1n) is 6.89. The summed E-state index contributed by atoms with van der Waals surface area (Å²) < 4.78 is 33.2. The predicted octanol–water partition coefficient (Wildman–Crippen LogP) is 1.50. The summed E-state index contributed by atoms with van der Waals surface area (Å²) in [4.78, 5) is 15.8. The van der Waals surface area contributed by atoms with Crippen LogP contribution in [0, 0.1) is 0 Å². The van der Waals surface area contributed by atoms with E-state index in [1.54, 1.807) is 0 Å². The molecular formula is C14H22N2O5S. The van der Waals surface area contributed by atoms with Gasteiger partial charge in [-0.1, -0.05) is 0 Å². The molecule has 1 aromatic rings. The summed E-state index contributed by atoms with van der Waals surface area (Å²) in [6.45, 7) is 5.03. The Morgan fingerprint density at radius 2 is 2.09 bits per heavy atom. The van der Waals surface area contributed by atoms with Crippen LogP contribution in [-0.2, 0) is 19.3 Å². The molecular weight excluding hydrogens is 308 g/mol. The highest BCUT2D eigenvalue weighted by Gasteiger charge is 2.17. The highest BCUT2D eigenvalue weighted by molar-refractivity contribution is 7.90. The van der Waals surface area contributed by atoms with Gasteiger partial charge in [-0.15, -0.1) is 0 Å². The Labute approximate surface area is 130 Å². The molecule has 124 valence electrons. The molecule has 1 N–H and O–H groups in total. The van der Waals surface area contributed by atoms with Gasteiger partial charge in [0.25, 0.3) is 0 Å². The SMILES string of the molecule is COC(=O)c1cc(S(C)(=O)=O)cnc1NCCCOC(C)C. The number of sulfone groups is 1. The van der Waals surface area contributed by atoms with E-state index in [0.29, 0.717) is 19.0 Å². The fraction of sp³-hybridized carbons (Fsp3) is 0.571. The van der Waals surface area contributed by atoms with Gasteiger partial charge in [0.1, 0.15) is 11.4 Å². The summed E-state index contributed by atoms with van der Waals surface area (Å²) >= 11 is 0. The van der Waals surface area contributed by atoms with Crippen molar-refractivity contribution in [2.75, 3.05) is 31.8 Å². The first-order chi connectivity index (χ1) is 10.3. The lowest BCUT2D eigenvalue weighted by Crippen LogP contribution is -2.14. The van der Waals surface area contributed by atoms with Crippen LogP contribution < -0.4 is 5.32 Å². The van der Waals surface area contributed by atoms with Crippen molar-refractivity contribution >= 4 is 21.6 Å². The third kappa shape index (κ3) is 5.61. The van der Waals surface area contributed by atoms with Crippen LogP contribution in [0.3, 0.4) is 0 Å². The van der Waals surface area contributed by atoms with Gasteiger partial charge in [-0.05, 0) is 26.3 Å². The Bertz CT molecular complexity index is 614. The molecule has 0 saturated carbocycles. The molecule has 0 aliphatic heterocycles. The van der Waals surface area contributed by atoms with Crippen LogP contribution in [0.2, 0.25) is 0 Å². The number of rotatable bonds is 8. The fourth-order valence-corrected chi connectivity index (χ4v) is 2.23. The fourth-order valence-electron chi connectivity index (χ4n) is 1.65. The smallest absolute Gasteiger partial charge is 0.341 e. The van der Waals surface area contributed by atoms with Crippen molar-refractivity contribution < 1.29 is 22.7 Å². The number of nitrogens with one attached hydrogen (secondary N) is 1. The molecule has 1 aromatic heterocycles. The van der Waals surface area contributed by atoms with Gasteiger partial charge in [0.15, 0.2) is 9.84 Å². The van der Waals surface area contributed by atoms with E-state index in [1.165, 1.54) is 19.4 Å². The van der Waals surface area contributed by atoms with Gasteiger partial charge in [-0.2, -0.15) is 0 Å². The van der Waals surface area contributed by atoms with Gasteiger partial charge in [-0.3, -0.25) is 0 Å². The third-order valence-electron chi connectivity index (χ3n) is 2.76. The summed E-state index contributed by atoms with van der Waals surface area (Å²) in [6.07, 6.45) is 3.17. The minimum absolute atomic E-state index is 0.0263. The Morgan fingerprint density at radius 3 is 2.64 bits per heavy atom. The van der Waals surface area contributed by atoms with E-state index in [1.807, 2.05) is 13.8 Å². The van der Waals surface area contributed by atoms with Crippen LogP contribution in [-0.4, -0.2) is 52.0 Å². The molecule has 0 aromatic carbocycles. The average molecular weight is 330 g/mol. The Balaban J connectivity index is 2.83. The summed E-state index contributed by atoms with van der Waals surface area (Å²) in [5.74, 6) is -0.345. The lowest BCUT2D eigenvalue weighted by molar-refractivity contribution is 0.0601. The van der Waals surface area contributed by atoms with E-state index >= 15 is 0 Å². The molecule has 0 aliphatic rings. The molecule has 0 unspecified atom stereocenters. The number of hydrogen-bond donors (Lipinski definition) is 1. The second-order valence-corrected chi connectivity index (χ2v) is 7.05. The number of esters is 1. The maximum absolute atomic E-state index is 11.8. The number of hydrogen-bond acceptors (Lipinski definition) is 7. The quantitative estimate of drug-likeness (QED) is 0.570. The molecule has 8 heteroatoms. The summed E-state index contributed by atoms with van der Waals surface area (Å²) in [5.41, 5.74) is 0.0928. The second kappa shape index (κ2) is 8.09. The van der Waals surface area contributed by atoms with Crippen LogP contribution in [0.4, 0.5) is 5.82 Å². The minimum Gasteiger partial charge on any atom is -0.465 e. The first kappa shape index (κ1) is 18.4. The van der Waals surface area contributed by atoms with Crippen LogP contribution in [0.1, 0.15) is 30.6 Å². The number of pyridine rings is 1. The lowest BCUT2D eigenvalue weighted by atomic mass is 10.2. The van der Waals surface area contributed by atoms with Crippen molar-refractivity contribution in [3.63, 3.8) is 0 Å². The molecule has 22 heavy (non-hydrogen) atoms. The highest BCUT2D eigenvalue weighted by atomic mass is 32.2. The van der Waals surface area contributed by atoms with Crippen LogP contribution in [0.15, 0.2) is 17.2 Å². The van der Waals surface area contributed by atoms with E-state index in [0.717, 1.165) is 12.7 Å². The Kier molecular flexibility index (Phi) is 6.76. The van der Waals surface area contributed by atoms with E-state index in [9.17, 15) is 13.2 Å². The van der Waals surface area contributed by atoms with Gasteiger partial charge in [0.05, 0.1) is 18.1 Å². The molecule has 0 bridgehead atoms. The zero-order valence-corrected chi connectivity index (χ0v) is 14.1. The van der Waals surface area contributed by atoms with Gasteiger partial charge < -0.3 is 14.8 Å². The number of aromatic nitrogens is 1. The molecule has 7 nitrogen and oxygen atoms in total. The van der Waals surface area contributed by atoms with Crippen molar-refractivity contribution in [1.82, 2.24) is 4.98 Å². The van der Waals surface area contributed by atoms with Crippen molar-refractivity contribution in [3.8, 4) is 0 Å². The zero-order valence-electron chi connectivity index (χ0n) is 13.3. The normalized spacial score (nSPS) is 11.5. The summed E-state index contributed by atoms with van der Waals surface area (Å²) in [6, 6.07) is 1.26. The van der Waals surface area contributed by atoms with E-state index in [2.05, 4.69) is 15.0 Å². The molecule has 0 spiro atoms.